The molecule has 0 radical (unpaired) electrons. The first kappa shape index (κ1) is 13.4. The Morgan fingerprint density at radius 2 is 2.26 bits per heavy atom. The van der Waals surface area contributed by atoms with Gasteiger partial charge in [0, 0.05) is 12.4 Å². The molecule has 19 heavy (non-hydrogen) atoms. The lowest BCUT2D eigenvalue weighted by Crippen LogP contribution is -2.22. The molecule has 0 aliphatic heterocycles. The van der Waals surface area contributed by atoms with E-state index in [0.29, 0.717) is 19.1 Å². The highest BCUT2D eigenvalue weighted by Gasteiger charge is 2.11. The number of hydrazine groups is 1. The second kappa shape index (κ2) is 6.25. The van der Waals surface area contributed by atoms with Crippen LogP contribution in [0, 0.1) is 0 Å². The van der Waals surface area contributed by atoms with Crippen LogP contribution in [0.25, 0.3) is 0 Å². The van der Waals surface area contributed by atoms with E-state index in [1.165, 1.54) is 0 Å². The van der Waals surface area contributed by atoms with Crippen molar-refractivity contribution in [1.82, 2.24) is 19.9 Å². The fourth-order valence-corrected chi connectivity index (χ4v) is 1.95. The van der Waals surface area contributed by atoms with E-state index in [4.69, 9.17) is 10.6 Å². The molecular formula is C10H15N7OS. The van der Waals surface area contributed by atoms with Gasteiger partial charge in [-0.2, -0.15) is 15.0 Å². The Labute approximate surface area is 114 Å². The van der Waals surface area contributed by atoms with E-state index in [1.54, 1.807) is 16.8 Å². The highest BCUT2D eigenvalue weighted by Crippen LogP contribution is 2.15. The van der Waals surface area contributed by atoms with E-state index < -0.39 is 0 Å². The minimum atomic E-state index is 0.241. The third-order valence-corrected chi connectivity index (χ3v) is 2.86. The molecule has 0 spiro atoms. The second-order valence-corrected chi connectivity index (χ2v) is 4.37. The summed E-state index contributed by atoms with van der Waals surface area (Å²) in [6, 6.07) is 0.241. The van der Waals surface area contributed by atoms with Gasteiger partial charge < -0.3 is 9.64 Å². The SMILES string of the molecule is CCOc1nc(NN)nc(N(C)Cc2cscn2)n1. The largest absolute Gasteiger partial charge is 0.464 e. The van der Waals surface area contributed by atoms with Crippen LogP contribution in [0.3, 0.4) is 0 Å². The van der Waals surface area contributed by atoms with Crippen LogP contribution in [0.1, 0.15) is 12.6 Å². The Morgan fingerprint density at radius 1 is 1.42 bits per heavy atom. The Hall–Kier alpha value is -2.00. The molecule has 2 heterocycles. The Balaban J connectivity index is 2.19. The van der Waals surface area contributed by atoms with Crippen molar-refractivity contribution in [1.29, 1.82) is 0 Å². The topological polar surface area (TPSA) is 102 Å². The van der Waals surface area contributed by atoms with Crippen LogP contribution in [-0.4, -0.2) is 33.6 Å². The summed E-state index contributed by atoms with van der Waals surface area (Å²) in [7, 11) is 1.87. The number of nitrogens with two attached hydrogens (primary N) is 1. The maximum absolute atomic E-state index is 5.33. The van der Waals surface area contributed by atoms with Crippen molar-refractivity contribution in [3.05, 3.63) is 16.6 Å². The lowest BCUT2D eigenvalue weighted by molar-refractivity contribution is 0.312. The molecule has 0 aliphatic rings. The Bertz CT molecular complexity index is 519. The molecule has 0 aromatic carbocycles. The van der Waals surface area contributed by atoms with Gasteiger partial charge in [-0.3, -0.25) is 5.43 Å². The molecule has 0 amide bonds. The van der Waals surface area contributed by atoms with E-state index in [2.05, 4.69) is 25.4 Å². The lowest BCUT2D eigenvalue weighted by Gasteiger charge is -2.16. The number of aromatic nitrogens is 4. The summed E-state index contributed by atoms with van der Waals surface area (Å²) in [4.78, 5) is 18.5. The molecular weight excluding hydrogens is 266 g/mol. The summed E-state index contributed by atoms with van der Waals surface area (Å²) >= 11 is 1.55. The van der Waals surface area contributed by atoms with Crippen molar-refractivity contribution < 1.29 is 4.74 Å². The third kappa shape index (κ3) is 3.48. The molecule has 3 N–H and O–H groups in total. The summed E-state index contributed by atoms with van der Waals surface area (Å²) in [6.07, 6.45) is 0. The second-order valence-electron chi connectivity index (χ2n) is 3.65. The lowest BCUT2D eigenvalue weighted by atomic mass is 10.4. The summed E-state index contributed by atoms with van der Waals surface area (Å²) in [5, 5.41) is 1.98. The number of thiazole rings is 1. The van der Waals surface area contributed by atoms with Crippen LogP contribution in [0.15, 0.2) is 10.9 Å². The van der Waals surface area contributed by atoms with Gasteiger partial charge in [0.25, 0.3) is 0 Å². The standard InChI is InChI=1S/C10H15N7OS/c1-3-18-10-14-8(16-11)13-9(15-10)17(2)4-7-5-19-6-12-7/h5-6H,3-4,11H2,1-2H3,(H,13,14,15,16). The number of nitrogens with zero attached hydrogens (tertiary/aromatic N) is 5. The zero-order valence-corrected chi connectivity index (χ0v) is 11.5. The first-order valence-corrected chi connectivity index (χ1v) is 6.61. The molecule has 102 valence electrons. The monoisotopic (exact) mass is 281 g/mol. The zero-order chi connectivity index (χ0) is 13.7. The number of hydrogen-bond donors (Lipinski definition) is 2. The van der Waals surface area contributed by atoms with Gasteiger partial charge in [-0.05, 0) is 6.92 Å². The van der Waals surface area contributed by atoms with E-state index in [9.17, 15) is 0 Å². The number of ether oxygens (including phenoxy) is 1. The van der Waals surface area contributed by atoms with Crippen LogP contribution < -0.4 is 20.9 Å². The van der Waals surface area contributed by atoms with Crippen LogP contribution in [0.4, 0.5) is 11.9 Å². The average Bonchev–Trinajstić information content (AvgIpc) is 2.91. The normalized spacial score (nSPS) is 10.3. The molecule has 0 saturated carbocycles. The number of nitrogen functional groups attached to an aromatic ring is 1. The maximum Gasteiger partial charge on any atom is 0.323 e. The summed E-state index contributed by atoms with van der Waals surface area (Å²) in [5.41, 5.74) is 5.14. The molecule has 0 bridgehead atoms. The molecule has 0 aliphatic carbocycles. The predicted octanol–water partition coefficient (Wildman–Crippen LogP) is 0.649. The molecule has 0 atom stereocenters. The van der Waals surface area contributed by atoms with Crippen LogP contribution in [0.5, 0.6) is 6.01 Å². The van der Waals surface area contributed by atoms with Crippen molar-refractivity contribution in [2.24, 2.45) is 5.84 Å². The van der Waals surface area contributed by atoms with Gasteiger partial charge >= 0.3 is 6.01 Å². The highest BCUT2D eigenvalue weighted by atomic mass is 32.1. The summed E-state index contributed by atoms with van der Waals surface area (Å²) in [6.45, 7) is 2.93. The number of nitrogens with one attached hydrogen (secondary N) is 1. The van der Waals surface area contributed by atoms with Gasteiger partial charge in [-0.25, -0.2) is 10.8 Å². The minimum Gasteiger partial charge on any atom is -0.464 e. The quantitative estimate of drug-likeness (QED) is 0.587. The molecule has 2 aromatic heterocycles. The first-order chi connectivity index (χ1) is 9.22. The summed E-state index contributed by atoms with van der Waals surface area (Å²) < 4.78 is 5.28. The van der Waals surface area contributed by atoms with Crippen molar-refractivity contribution in [3.8, 4) is 6.01 Å². The van der Waals surface area contributed by atoms with Gasteiger partial charge in [0.1, 0.15) is 0 Å². The van der Waals surface area contributed by atoms with E-state index >= 15 is 0 Å². The van der Waals surface area contributed by atoms with Crippen molar-refractivity contribution in [3.63, 3.8) is 0 Å². The van der Waals surface area contributed by atoms with Gasteiger partial charge in [0.05, 0.1) is 24.4 Å². The van der Waals surface area contributed by atoms with Crippen molar-refractivity contribution >= 4 is 23.2 Å². The third-order valence-electron chi connectivity index (χ3n) is 2.23. The first-order valence-electron chi connectivity index (χ1n) is 5.66. The molecule has 2 aromatic rings. The average molecular weight is 281 g/mol. The Morgan fingerprint density at radius 3 is 2.89 bits per heavy atom. The van der Waals surface area contributed by atoms with Gasteiger partial charge in [-0.15, -0.1) is 11.3 Å². The van der Waals surface area contributed by atoms with Crippen molar-refractivity contribution in [2.75, 3.05) is 24.0 Å². The number of rotatable bonds is 6. The number of anilines is 2. The van der Waals surface area contributed by atoms with Gasteiger partial charge in [-0.1, -0.05) is 0 Å². The molecule has 8 nitrogen and oxygen atoms in total. The predicted molar refractivity (Wildman–Crippen MR) is 73.0 cm³/mol. The number of hydrogen-bond acceptors (Lipinski definition) is 9. The fourth-order valence-electron chi connectivity index (χ4n) is 1.40. The molecule has 0 saturated heterocycles. The smallest absolute Gasteiger partial charge is 0.323 e. The van der Waals surface area contributed by atoms with Crippen LogP contribution in [0.2, 0.25) is 0 Å². The van der Waals surface area contributed by atoms with Crippen LogP contribution >= 0.6 is 11.3 Å². The van der Waals surface area contributed by atoms with E-state index in [1.807, 2.05) is 24.3 Å². The van der Waals surface area contributed by atoms with E-state index in [0.717, 1.165) is 5.69 Å². The summed E-state index contributed by atoms with van der Waals surface area (Å²) in [5.74, 6) is 6.07. The van der Waals surface area contributed by atoms with Gasteiger partial charge in [0.2, 0.25) is 11.9 Å². The Kier molecular flexibility index (Phi) is 4.42. The molecule has 9 heteroatoms. The molecule has 0 fully saturated rings. The van der Waals surface area contributed by atoms with Gasteiger partial charge in [0.15, 0.2) is 0 Å². The minimum absolute atomic E-state index is 0.241. The van der Waals surface area contributed by atoms with Crippen molar-refractivity contribution in [2.45, 2.75) is 13.5 Å². The highest BCUT2D eigenvalue weighted by molar-refractivity contribution is 7.07. The fraction of sp³-hybridized carbons (Fsp3) is 0.400. The van der Waals surface area contributed by atoms with Crippen LogP contribution in [-0.2, 0) is 6.54 Å². The zero-order valence-electron chi connectivity index (χ0n) is 10.7. The molecule has 2 rings (SSSR count). The van der Waals surface area contributed by atoms with E-state index in [-0.39, 0.29) is 12.0 Å². The molecule has 0 unspecified atom stereocenters. The maximum atomic E-state index is 5.33.